The first kappa shape index (κ1) is 24.8. The lowest BCUT2D eigenvalue weighted by Crippen LogP contribution is -2.06. The number of hydrogen-bond acceptors (Lipinski definition) is 3. The third kappa shape index (κ3) is 8.20. The highest BCUT2D eigenvalue weighted by Gasteiger charge is 2.15. The van der Waals surface area contributed by atoms with Crippen molar-refractivity contribution in [1.29, 1.82) is 0 Å². The number of nitrogens with zero attached hydrogens (tertiary/aromatic N) is 1. The minimum atomic E-state index is -1.08. The fraction of sp³-hybridized carbons (Fsp3) is 0.448. The molecular weight excluding hydrogens is 410 g/mol. The number of pyridine rings is 1. The highest BCUT2D eigenvalue weighted by Crippen LogP contribution is 2.24. The molecule has 33 heavy (non-hydrogen) atoms. The molecule has 0 spiro atoms. The fourth-order valence-corrected chi connectivity index (χ4v) is 4.14. The van der Waals surface area contributed by atoms with Gasteiger partial charge in [-0.1, -0.05) is 107 Å². The molecule has 0 aliphatic rings. The number of ether oxygens (including phenoxy) is 1. The standard InChI is InChI=1S/C29H37NO3/c1-2-3-4-5-6-7-8-9-10-11-14-23-17-19-24(20-18-23)22-33-27-21-25-15-12-13-16-26(25)30-28(27)29(31)32/h12-13,15-21H,2-11,14,22H2,1H3,(H,31,32). The first-order chi connectivity index (χ1) is 16.2. The lowest BCUT2D eigenvalue weighted by molar-refractivity contribution is 0.0685. The Labute approximate surface area is 198 Å². The number of aromatic nitrogens is 1. The summed E-state index contributed by atoms with van der Waals surface area (Å²) in [6.07, 6.45) is 14.6. The van der Waals surface area contributed by atoms with Crippen LogP contribution in [-0.4, -0.2) is 16.1 Å². The van der Waals surface area contributed by atoms with Crippen LogP contribution >= 0.6 is 0 Å². The summed E-state index contributed by atoms with van der Waals surface area (Å²) in [6.45, 7) is 2.58. The zero-order valence-corrected chi connectivity index (χ0v) is 19.9. The summed E-state index contributed by atoms with van der Waals surface area (Å²) in [4.78, 5) is 15.9. The molecule has 0 amide bonds. The maximum Gasteiger partial charge on any atom is 0.358 e. The van der Waals surface area contributed by atoms with E-state index in [1.807, 2.05) is 18.2 Å². The summed E-state index contributed by atoms with van der Waals surface area (Å²) >= 11 is 0. The first-order valence-corrected chi connectivity index (χ1v) is 12.5. The highest BCUT2D eigenvalue weighted by molar-refractivity contribution is 5.93. The van der Waals surface area contributed by atoms with Gasteiger partial charge in [-0.25, -0.2) is 9.78 Å². The van der Waals surface area contributed by atoms with E-state index in [0.717, 1.165) is 17.4 Å². The van der Waals surface area contributed by atoms with Crippen LogP contribution in [0.5, 0.6) is 5.75 Å². The summed E-state index contributed by atoms with van der Waals surface area (Å²) in [5.41, 5.74) is 2.97. The molecule has 176 valence electrons. The third-order valence-corrected chi connectivity index (χ3v) is 6.13. The van der Waals surface area contributed by atoms with E-state index in [2.05, 4.69) is 36.2 Å². The number of carboxylic acids is 1. The van der Waals surface area contributed by atoms with Crippen molar-refractivity contribution in [3.63, 3.8) is 0 Å². The number of fused-ring (bicyclic) bond motifs is 1. The summed E-state index contributed by atoms with van der Waals surface area (Å²) < 4.78 is 5.86. The van der Waals surface area contributed by atoms with Crippen LogP contribution in [0.25, 0.3) is 10.9 Å². The molecule has 1 heterocycles. The maximum absolute atomic E-state index is 11.6. The van der Waals surface area contributed by atoms with Gasteiger partial charge in [0.1, 0.15) is 6.61 Å². The average Bonchev–Trinajstić information content (AvgIpc) is 2.84. The number of benzene rings is 2. The molecule has 0 saturated heterocycles. The van der Waals surface area contributed by atoms with E-state index in [9.17, 15) is 9.90 Å². The number of aromatic carboxylic acids is 1. The van der Waals surface area contributed by atoms with Crippen LogP contribution < -0.4 is 4.74 Å². The van der Waals surface area contributed by atoms with Gasteiger partial charge in [-0.05, 0) is 36.1 Å². The van der Waals surface area contributed by atoms with Crippen LogP contribution in [-0.2, 0) is 13.0 Å². The van der Waals surface area contributed by atoms with Crippen molar-refractivity contribution < 1.29 is 14.6 Å². The summed E-state index contributed by atoms with van der Waals surface area (Å²) in [5, 5.41) is 10.4. The Morgan fingerprint density at radius 1 is 0.818 bits per heavy atom. The first-order valence-electron chi connectivity index (χ1n) is 12.5. The van der Waals surface area contributed by atoms with Crippen LogP contribution in [0.1, 0.15) is 92.7 Å². The molecule has 1 aromatic heterocycles. The Morgan fingerprint density at radius 2 is 1.42 bits per heavy atom. The van der Waals surface area contributed by atoms with E-state index < -0.39 is 5.97 Å². The molecule has 0 aliphatic heterocycles. The lowest BCUT2D eigenvalue weighted by atomic mass is 10.0. The van der Waals surface area contributed by atoms with Gasteiger partial charge in [0.15, 0.2) is 11.4 Å². The predicted octanol–water partition coefficient (Wildman–Crippen LogP) is 7.98. The van der Waals surface area contributed by atoms with Crippen molar-refractivity contribution in [3.05, 3.63) is 71.4 Å². The molecule has 4 nitrogen and oxygen atoms in total. The number of hydrogen-bond donors (Lipinski definition) is 1. The Morgan fingerprint density at radius 3 is 2.09 bits per heavy atom. The van der Waals surface area contributed by atoms with Gasteiger partial charge < -0.3 is 9.84 Å². The normalized spacial score (nSPS) is 11.1. The summed E-state index contributed by atoms with van der Waals surface area (Å²) in [5.74, 6) is -0.779. The predicted molar refractivity (Wildman–Crippen MR) is 135 cm³/mol. The van der Waals surface area contributed by atoms with Crippen molar-refractivity contribution in [1.82, 2.24) is 4.98 Å². The molecule has 0 radical (unpaired) electrons. The Bertz CT molecular complexity index is 997. The SMILES string of the molecule is CCCCCCCCCCCCc1ccc(COc2cc3ccccc3nc2C(=O)O)cc1. The monoisotopic (exact) mass is 447 g/mol. The molecule has 1 N–H and O–H groups in total. The van der Waals surface area contributed by atoms with Gasteiger partial charge in [-0.3, -0.25) is 0 Å². The number of unbranched alkanes of at least 4 members (excludes halogenated alkanes) is 9. The fourth-order valence-electron chi connectivity index (χ4n) is 4.14. The zero-order chi connectivity index (χ0) is 23.3. The van der Waals surface area contributed by atoms with Crippen LogP contribution in [0.4, 0.5) is 0 Å². The Kier molecular flexibility index (Phi) is 10.2. The van der Waals surface area contributed by atoms with E-state index in [4.69, 9.17) is 4.74 Å². The topological polar surface area (TPSA) is 59.4 Å². The number of carbonyl (C=O) groups is 1. The minimum Gasteiger partial charge on any atom is -0.486 e. The number of carboxylic acid groups (broad SMARTS) is 1. The second kappa shape index (κ2) is 13.6. The van der Waals surface area contributed by atoms with Crippen molar-refractivity contribution in [2.45, 2.75) is 84.2 Å². The van der Waals surface area contributed by atoms with E-state index >= 15 is 0 Å². The molecule has 2 aromatic carbocycles. The second-order valence-corrected chi connectivity index (χ2v) is 8.87. The number of aryl methyl sites for hydroxylation is 1. The van der Waals surface area contributed by atoms with Crippen molar-refractivity contribution in [3.8, 4) is 5.75 Å². The van der Waals surface area contributed by atoms with Gasteiger partial charge in [-0.2, -0.15) is 0 Å². The van der Waals surface area contributed by atoms with Crippen LogP contribution in [0.15, 0.2) is 54.6 Å². The smallest absolute Gasteiger partial charge is 0.358 e. The summed E-state index contributed by atoms with van der Waals surface area (Å²) in [7, 11) is 0. The van der Waals surface area contributed by atoms with E-state index in [1.54, 1.807) is 12.1 Å². The lowest BCUT2D eigenvalue weighted by Gasteiger charge is -2.11. The molecule has 0 unspecified atom stereocenters. The molecule has 0 aliphatic carbocycles. The molecular formula is C29H37NO3. The van der Waals surface area contributed by atoms with Crippen molar-refractivity contribution in [2.24, 2.45) is 0 Å². The highest BCUT2D eigenvalue weighted by atomic mass is 16.5. The van der Waals surface area contributed by atoms with Crippen LogP contribution in [0.2, 0.25) is 0 Å². The quantitative estimate of drug-likeness (QED) is 0.240. The van der Waals surface area contributed by atoms with Gasteiger partial charge in [0.2, 0.25) is 0 Å². The molecule has 0 bridgehead atoms. The molecule has 3 aromatic rings. The molecule has 0 fully saturated rings. The molecule has 0 atom stereocenters. The number of rotatable bonds is 15. The molecule has 0 saturated carbocycles. The van der Waals surface area contributed by atoms with Crippen molar-refractivity contribution in [2.75, 3.05) is 0 Å². The minimum absolute atomic E-state index is 0.0497. The van der Waals surface area contributed by atoms with Crippen LogP contribution in [0, 0.1) is 0 Å². The third-order valence-electron chi connectivity index (χ3n) is 6.13. The van der Waals surface area contributed by atoms with Gasteiger partial charge in [0.05, 0.1) is 5.52 Å². The van der Waals surface area contributed by atoms with E-state index in [-0.39, 0.29) is 5.69 Å². The van der Waals surface area contributed by atoms with E-state index in [0.29, 0.717) is 17.9 Å². The van der Waals surface area contributed by atoms with E-state index in [1.165, 1.54) is 69.8 Å². The summed E-state index contributed by atoms with van der Waals surface area (Å²) in [6, 6.07) is 17.7. The largest absolute Gasteiger partial charge is 0.486 e. The van der Waals surface area contributed by atoms with Crippen LogP contribution in [0.3, 0.4) is 0 Å². The Balaban J connectivity index is 1.40. The second-order valence-electron chi connectivity index (χ2n) is 8.87. The molecule has 4 heteroatoms. The molecule has 3 rings (SSSR count). The van der Waals surface area contributed by atoms with Gasteiger partial charge in [0.25, 0.3) is 0 Å². The zero-order valence-electron chi connectivity index (χ0n) is 19.9. The average molecular weight is 448 g/mol. The Hall–Kier alpha value is -2.88. The van der Waals surface area contributed by atoms with Gasteiger partial charge in [-0.15, -0.1) is 0 Å². The van der Waals surface area contributed by atoms with Gasteiger partial charge in [0, 0.05) is 5.39 Å². The van der Waals surface area contributed by atoms with Crippen molar-refractivity contribution >= 4 is 16.9 Å². The van der Waals surface area contributed by atoms with Gasteiger partial charge >= 0.3 is 5.97 Å². The number of para-hydroxylation sites is 1. The maximum atomic E-state index is 11.6.